The molecule has 0 amide bonds. The fraction of sp³-hybridized carbons (Fsp3) is 0.538. The van der Waals surface area contributed by atoms with Crippen LogP contribution < -0.4 is 15.4 Å². The second-order valence-corrected chi connectivity index (χ2v) is 4.67. The van der Waals surface area contributed by atoms with Crippen molar-refractivity contribution in [3.63, 3.8) is 0 Å². The van der Waals surface area contributed by atoms with Gasteiger partial charge in [-0.3, -0.25) is 0 Å². The highest BCUT2D eigenvalue weighted by Crippen LogP contribution is 2.31. The molecule has 1 aromatic carbocycles. The van der Waals surface area contributed by atoms with Gasteiger partial charge in [-0.2, -0.15) is 13.2 Å². The van der Waals surface area contributed by atoms with E-state index in [2.05, 4.69) is 4.90 Å². The molecule has 0 atom stereocenters. The number of hydrogen-bond donors (Lipinski definition) is 1. The van der Waals surface area contributed by atoms with Crippen molar-refractivity contribution in [2.45, 2.75) is 25.4 Å². The average Bonchev–Trinajstić information content (AvgIpc) is 2.38. The molecule has 106 valence electrons. The lowest BCUT2D eigenvalue weighted by molar-refractivity contribution is -0.153. The number of ether oxygens (including phenoxy) is 1. The zero-order valence-corrected chi connectivity index (χ0v) is 10.5. The van der Waals surface area contributed by atoms with Gasteiger partial charge >= 0.3 is 6.18 Å². The average molecular weight is 274 g/mol. The Bertz CT molecular complexity index is 428. The Morgan fingerprint density at radius 3 is 2.47 bits per heavy atom. The first-order valence-electron chi connectivity index (χ1n) is 6.30. The number of benzene rings is 1. The minimum atomic E-state index is -4.33. The summed E-state index contributed by atoms with van der Waals surface area (Å²) in [5, 5.41) is 0. The van der Waals surface area contributed by atoms with Crippen LogP contribution >= 0.6 is 0 Å². The van der Waals surface area contributed by atoms with E-state index in [9.17, 15) is 13.2 Å². The molecule has 1 aromatic rings. The van der Waals surface area contributed by atoms with Crippen molar-refractivity contribution < 1.29 is 17.9 Å². The SMILES string of the molecule is Nc1ccc(OCC(F)(F)F)cc1N1CCCCC1. The Balaban J connectivity index is 2.10. The monoisotopic (exact) mass is 274 g/mol. The molecule has 1 heterocycles. The van der Waals surface area contributed by atoms with Crippen LogP contribution in [0.15, 0.2) is 18.2 Å². The smallest absolute Gasteiger partial charge is 0.422 e. The standard InChI is InChI=1S/C13H17F3N2O/c14-13(15,16)9-19-10-4-5-11(17)12(8-10)18-6-2-1-3-7-18/h4-5,8H,1-3,6-7,9,17H2. The second kappa shape index (κ2) is 5.59. The molecule has 1 saturated heterocycles. The number of piperidine rings is 1. The maximum absolute atomic E-state index is 12.1. The van der Waals surface area contributed by atoms with E-state index in [4.69, 9.17) is 10.5 Å². The second-order valence-electron chi connectivity index (χ2n) is 4.67. The Morgan fingerprint density at radius 2 is 1.84 bits per heavy atom. The van der Waals surface area contributed by atoms with Gasteiger partial charge in [0.25, 0.3) is 0 Å². The summed E-state index contributed by atoms with van der Waals surface area (Å²) in [7, 11) is 0. The maximum atomic E-state index is 12.1. The van der Waals surface area contributed by atoms with E-state index in [1.807, 2.05) is 0 Å². The Hall–Kier alpha value is -1.59. The van der Waals surface area contributed by atoms with E-state index in [1.165, 1.54) is 12.5 Å². The molecule has 19 heavy (non-hydrogen) atoms. The first-order valence-corrected chi connectivity index (χ1v) is 6.30. The highest BCUT2D eigenvalue weighted by molar-refractivity contribution is 5.69. The van der Waals surface area contributed by atoms with Crippen molar-refractivity contribution in [3.05, 3.63) is 18.2 Å². The van der Waals surface area contributed by atoms with E-state index >= 15 is 0 Å². The molecule has 1 aliphatic heterocycles. The van der Waals surface area contributed by atoms with Crippen molar-refractivity contribution in [3.8, 4) is 5.75 Å². The van der Waals surface area contributed by atoms with Crippen molar-refractivity contribution in [2.75, 3.05) is 30.3 Å². The molecule has 3 nitrogen and oxygen atoms in total. The summed E-state index contributed by atoms with van der Waals surface area (Å²) in [6.07, 6.45) is -0.993. The largest absolute Gasteiger partial charge is 0.484 e. The van der Waals surface area contributed by atoms with Gasteiger partial charge in [-0.25, -0.2) is 0 Å². The van der Waals surface area contributed by atoms with Crippen LogP contribution in [-0.2, 0) is 0 Å². The van der Waals surface area contributed by atoms with Gasteiger partial charge in [0.1, 0.15) is 5.75 Å². The molecule has 0 saturated carbocycles. The number of rotatable bonds is 3. The number of alkyl halides is 3. The molecule has 6 heteroatoms. The predicted octanol–water partition coefficient (Wildman–Crippen LogP) is 3.20. The number of nitrogens with zero attached hydrogens (tertiary/aromatic N) is 1. The normalized spacial score (nSPS) is 16.5. The summed E-state index contributed by atoms with van der Waals surface area (Å²) >= 11 is 0. The molecule has 1 aliphatic rings. The molecule has 0 spiro atoms. The van der Waals surface area contributed by atoms with Gasteiger partial charge in [-0.1, -0.05) is 0 Å². The molecule has 0 unspecified atom stereocenters. The van der Waals surface area contributed by atoms with Crippen molar-refractivity contribution in [1.29, 1.82) is 0 Å². The van der Waals surface area contributed by atoms with Gasteiger partial charge < -0.3 is 15.4 Å². The maximum Gasteiger partial charge on any atom is 0.422 e. The molecule has 0 radical (unpaired) electrons. The Labute approximate surface area is 110 Å². The van der Waals surface area contributed by atoms with Crippen LogP contribution in [0.2, 0.25) is 0 Å². The fourth-order valence-electron chi connectivity index (χ4n) is 2.19. The van der Waals surface area contributed by atoms with Crippen molar-refractivity contribution in [2.24, 2.45) is 0 Å². The first-order chi connectivity index (χ1) is 8.96. The number of hydrogen-bond acceptors (Lipinski definition) is 3. The molecule has 0 aliphatic carbocycles. The lowest BCUT2D eigenvalue weighted by Crippen LogP contribution is -2.30. The fourth-order valence-corrected chi connectivity index (χ4v) is 2.19. The topological polar surface area (TPSA) is 38.5 Å². The van der Waals surface area contributed by atoms with Gasteiger partial charge in [0, 0.05) is 19.2 Å². The van der Waals surface area contributed by atoms with Crippen LogP contribution in [0.3, 0.4) is 0 Å². The lowest BCUT2D eigenvalue weighted by Gasteiger charge is -2.30. The minimum Gasteiger partial charge on any atom is -0.484 e. The third-order valence-corrected chi connectivity index (χ3v) is 3.10. The molecular formula is C13H17F3N2O. The number of nitrogens with two attached hydrogens (primary N) is 1. The molecule has 2 rings (SSSR count). The van der Waals surface area contributed by atoms with Gasteiger partial charge in [0.15, 0.2) is 6.61 Å². The van der Waals surface area contributed by atoms with E-state index in [1.54, 1.807) is 12.1 Å². The summed E-state index contributed by atoms with van der Waals surface area (Å²) in [5.41, 5.74) is 7.22. The highest BCUT2D eigenvalue weighted by atomic mass is 19.4. The van der Waals surface area contributed by atoms with Gasteiger partial charge in [0.05, 0.1) is 11.4 Å². The Kier molecular flexibility index (Phi) is 4.07. The summed E-state index contributed by atoms with van der Waals surface area (Å²) in [6.45, 7) is 0.482. The number of nitrogen functional groups attached to an aromatic ring is 1. The number of halogens is 3. The molecule has 2 N–H and O–H groups in total. The van der Waals surface area contributed by atoms with Gasteiger partial charge in [0.2, 0.25) is 0 Å². The zero-order valence-electron chi connectivity index (χ0n) is 10.5. The summed E-state index contributed by atoms with van der Waals surface area (Å²) in [5.74, 6) is 0.201. The van der Waals surface area contributed by atoms with Crippen LogP contribution in [0.4, 0.5) is 24.5 Å². The van der Waals surface area contributed by atoms with E-state index in [0.717, 1.165) is 31.6 Å². The molecule has 0 bridgehead atoms. The van der Waals surface area contributed by atoms with E-state index in [-0.39, 0.29) is 5.75 Å². The van der Waals surface area contributed by atoms with Crippen LogP contribution in [0.1, 0.15) is 19.3 Å². The van der Waals surface area contributed by atoms with Crippen LogP contribution in [0, 0.1) is 0 Å². The Morgan fingerprint density at radius 1 is 1.16 bits per heavy atom. The highest BCUT2D eigenvalue weighted by Gasteiger charge is 2.28. The number of anilines is 2. The lowest BCUT2D eigenvalue weighted by atomic mass is 10.1. The summed E-state index contributed by atoms with van der Waals surface area (Å²) in [6, 6.07) is 4.65. The van der Waals surface area contributed by atoms with Crippen molar-refractivity contribution in [1.82, 2.24) is 0 Å². The van der Waals surface area contributed by atoms with Crippen molar-refractivity contribution >= 4 is 11.4 Å². The van der Waals surface area contributed by atoms with Crippen LogP contribution in [-0.4, -0.2) is 25.9 Å². The molecule has 1 fully saturated rings. The zero-order chi connectivity index (χ0) is 13.9. The van der Waals surface area contributed by atoms with E-state index in [0.29, 0.717) is 5.69 Å². The minimum absolute atomic E-state index is 0.201. The summed E-state index contributed by atoms with van der Waals surface area (Å²) < 4.78 is 41.1. The quantitative estimate of drug-likeness (QED) is 0.860. The van der Waals surface area contributed by atoms with Crippen LogP contribution in [0.5, 0.6) is 5.75 Å². The molecular weight excluding hydrogens is 257 g/mol. The first kappa shape index (κ1) is 13.8. The van der Waals surface area contributed by atoms with Gasteiger partial charge in [-0.15, -0.1) is 0 Å². The molecule has 0 aromatic heterocycles. The predicted molar refractivity (Wildman–Crippen MR) is 68.5 cm³/mol. The summed E-state index contributed by atoms with van der Waals surface area (Å²) in [4.78, 5) is 2.10. The third-order valence-electron chi connectivity index (χ3n) is 3.10. The van der Waals surface area contributed by atoms with Crippen LogP contribution in [0.25, 0.3) is 0 Å². The van der Waals surface area contributed by atoms with E-state index < -0.39 is 12.8 Å². The third kappa shape index (κ3) is 3.94. The van der Waals surface area contributed by atoms with Gasteiger partial charge in [-0.05, 0) is 31.4 Å².